The van der Waals surface area contributed by atoms with Crippen LogP contribution in [0.1, 0.15) is 45.4 Å². The first-order chi connectivity index (χ1) is 8.27. The maximum Gasteiger partial charge on any atom is 0.226 e. The van der Waals surface area contributed by atoms with Gasteiger partial charge in [0.25, 0.3) is 0 Å². The molecule has 1 saturated carbocycles. The molecule has 3 fully saturated rings. The van der Waals surface area contributed by atoms with Gasteiger partial charge >= 0.3 is 0 Å². The van der Waals surface area contributed by atoms with E-state index < -0.39 is 0 Å². The van der Waals surface area contributed by atoms with E-state index in [0.717, 1.165) is 26.1 Å². The van der Waals surface area contributed by atoms with Gasteiger partial charge in [0.2, 0.25) is 5.91 Å². The molecule has 0 aromatic heterocycles. The van der Waals surface area contributed by atoms with Crippen LogP contribution in [-0.4, -0.2) is 36.5 Å². The average Bonchev–Trinajstić information content (AvgIpc) is 2.86. The first-order valence-corrected chi connectivity index (χ1v) is 7.28. The van der Waals surface area contributed by atoms with Crippen LogP contribution in [0.2, 0.25) is 0 Å². The van der Waals surface area contributed by atoms with Gasteiger partial charge in [-0.2, -0.15) is 0 Å². The van der Waals surface area contributed by atoms with Gasteiger partial charge in [-0.3, -0.25) is 4.79 Å². The second kappa shape index (κ2) is 4.27. The number of piperidine rings is 1. The van der Waals surface area contributed by atoms with Gasteiger partial charge in [-0.05, 0) is 57.0 Å². The fraction of sp³-hybridized carbons (Fsp3) is 0.929. The van der Waals surface area contributed by atoms with Crippen LogP contribution < -0.4 is 5.32 Å². The molecule has 2 unspecified atom stereocenters. The van der Waals surface area contributed by atoms with Crippen molar-refractivity contribution in [2.45, 2.75) is 51.5 Å². The third-order valence-corrected chi connectivity index (χ3v) is 5.22. The molecule has 3 heteroatoms. The maximum absolute atomic E-state index is 12.6. The average molecular weight is 236 g/mol. The number of hydrogen-bond donors (Lipinski definition) is 1. The lowest BCUT2D eigenvalue weighted by atomic mass is 9.91. The van der Waals surface area contributed by atoms with Gasteiger partial charge in [0.05, 0.1) is 0 Å². The molecule has 3 nitrogen and oxygen atoms in total. The zero-order valence-corrected chi connectivity index (χ0v) is 10.9. The molecule has 2 heterocycles. The van der Waals surface area contributed by atoms with Crippen molar-refractivity contribution >= 4 is 5.91 Å². The molecule has 1 spiro atoms. The minimum absolute atomic E-state index is 0.372. The first kappa shape index (κ1) is 11.5. The zero-order chi connectivity index (χ0) is 11.9. The van der Waals surface area contributed by atoms with Crippen molar-refractivity contribution in [3.05, 3.63) is 0 Å². The Kier molecular flexibility index (Phi) is 2.89. The minimum Gasteiger partial charge on any atom is -0.339 e. The Balaban J connectivity index is 1.64. The molecule has 1 amide bonds. The summed E-state index contributed by atoms with van der Waals surface area (Å²) in [5, 5.41) is 3.40. The van der Waals surface area contributed by atoms with Gasteiger partial charge in [-0.25, -0.2) is 0 Å². The molecule has 17 heavy (non-hydrogen) atoms. The van der Waals surface area contributed by atoms with E-state index in [0.29, 0.717) is 23.3 Å². The van der Waals surface area contributed by atoms with Crippen molar-refractivity contribution in [2.24, 2.45) is 11.3 Å². The lowest BCUT2D eigenvalue weighted by molar-refractivity contribution is -0.134. The van der Waals surface area contributed by atoms with Crippen LogP contribution in [0.4, 0.5) is 0 Å². The molecule has 0 aromatic rings. The van der Waals surface area contributed by atoms with Crippen molar-refractivity contribution in [1.82, 2.24) is 10.2 Å². The molecule has 3 aliphatic rings. The van der Waals surface area contributed by atoms with Crippen molar-refractivity contribution in [2.75, 3.05) is 19.6 Å². The topological polar surface area (TPSA) is 32.3 Å². The Labute approximate surface area is 104 Å². The number of rotatable bonds is 2. The number of carbonyl (C=O) groups excluding carboxylic acids is 1. The van der Waals surface area contributed by atoms with Crippen molar-refractivity contribution in [1.29, 1.82) is 0 Å². The van der Waals surface area contributed by atoms with Gasteiger partial charge < -0.3 is 10.2 Å². The standard InChI is InChI=1S/C14H24N2O/c1-2-11-4-3-9-16(11)13(17)12-10-14(12)5-7-15-8-6-14/h11-12,15H,2-10H2,1H3. The highest BCUT2D eigenvalue weighted by Gasteiger charge is 2.59. The summed E-state index contributed by atoms with van der Waals surface area (Å²) in [6.07, 6.45) is 7.17. The quantitative estimate of drug-likeness (QED) is 0.792. The molecular formula is C14H24N2O. The van der Waals surface area contributed by atoms with Crippen LogP contribution in [0.3, 0.4) is 0 Å². The maximum atomic E-state index is 12.6. The number of hydrogen-bond acceptors (Lipinski definition) is 2. The van der Waals surface area contributed by atoms with E-state index in [1.165, 1.54) is 32.1 Å². The third kappa shape index (κ3) is 1.88. The van der Waals surface area contributed by atoms with E-state index in [4.69, 9.17) is 0 Å². The lowest BCUT2D eigenvalue weighted by Crippen LogP contribution is -2.39. The second-order valence-electron chi connectivity index (χ2n) is 6.11. The van der Waals surface area contributed by atoms with Gasteiger partial charge in [-0.1, -0.05) is 6.92 Å². The number of nitrogens with zero attached hydrogens (tertiary/aromatic N) is 1. The van der Waals surface area contributed by atoms with E-state index in [-0.39, 0.29) is 0 Å². The minimum atomic E-state index is 0.372. The fourth-order valence-corrected chi connectivity index (χ4v) is 3.92. The Morgan fingerprint density at radius 2 is 2.18 bits per heavy atom. The summed E-state index contributed by atoms with van der Waals surface area (Å²) in [4.78, 5) is 14.8. The first-order valence-electron chi connectivity index (χ1n) is 7.28. The zero-order valence-electron chi connectivity index (χ0n) is 10.9. The molecular weight excluding hydrogens is 212 g/mol. The highest BCUT2D eigenvalue weighted by molar-refractivity contribution is 5.83. The Hall–Kier alpha value is -0.570. The fourth-order valence-electron chi connectivity index (χ4n) is 3.92. The summed E-state index contributed by atoms with van der Waals surface area (Å²) >= 11 is 0. The molecule has 1 N–H and O–H groups in total. The molecule has 3 rings (SSSR count). The van der Waals surface area contributed by atoms with E-state index >= 15 is 0 Å². The largest absolute Gasteiger partial charge is 0.339 e. The van der Waals surface area contributed by atoms with Crippen LogP contribution in [0.25, 0.3) is 0 Å². The summed E-state index contributed by atoms with van der Waals surface area (Å²) in [6.45, 7) is 5.45. The molecule has 2 aliphatic heterocycles. The van der Waals surface area contributed by atoms with E-state index in [9.17, 15) is 4.79 Å². The predicted molar refractivity (Wildman–Crippen MR) is 67.7 cm³/mol. The van der Waals surface area contributed by atoms with Crippen molar-refractivity contribution in [3.63, 3.8) is 0 Å². The smallest absolute Gasteiger partial charge is 0.226 e. The third-order valence-electron chi connectivity index (χ3n) is 5.22. The van der Waals surface area contributed by atoms with Crippen LogP contribution in [0.5, 0.6) is 0 Å². The number of amides is 1. The van der Waals surface area contributed by atoms with Crippen LogP contribution in [-0.2, 0) is 4.79 Å². The Morgan fingerprint density at radius 1 is 1.41 bits per heavy atom. The number of nitrogens with one attached hydrogen (secondary N) is 1. The SMILES string of the molecule is CCC1CCCN1C(=O)C1CC12CCNCC2. The lowest BCUT2D eigenvalue weighted by Gasteiger charge is -2.27. The molecule has 2 atom stereocenters. The van der Waals surface area contributed by atoms with E-state index in [1.807, 2.05) is 0 Å². The summed E-state index contributed by atoms with van der Waals surface area (Å²) in [6, 6.07) is 0.543. The monoisotopic (exact) mass is 236 g/mol. The normalized spacial score (nSPS) is 35.2. The molecule has 2 saturated heterocycles. The molecule has 96 valence electrons. The Bertz CT molecular complexity index is 309. The summed E-state index contributed by atoms with van der Waals surface area (Å²) in [7, 11) is 0. The number of carbonyl (C=O) groups is 1. The molecule has 0 aromatic carbocycles. The second-order valence-corrected chi connectivity index (χ2v) is 6.11. The molecule has 1 aliphatic carbocycles. The molecule has 0 bridgehead atoms. The highest BCUT2D eigenvalue weighted by atomic mass is 16.2. The van der Waals surface area contributed by atoms with Gasteiger partial charge in [-0.15, -0.1) is 0 Å². The van der Waals surface area contributed by atoms with Gasteiger partial charge in [0.1, 0.15) is 0 Å². The van der Waals surface area contributed by atoms with Crippen molar-refractivity contribution < 1.29 is 4.79 Å². The van der Waals surface area contributed by atoms with Crippen LogP contribution in [0.15, 0.2) is 0 Å². The predicted octanol–water partition coefficient (Wildman–Crippen LogP) is 1.78. The summed E-state index contributed by atoms with van der Waals surface area (Å²) in [5.74, 6) is 0.855. The summed E-state index contributed by atoms with van der Waals surface area (Å²) in [5.41, 5.74) is 0.406. The van der Waals surface area contributed by atoms with E-state index in [2.05, 4.69) is 17.1 Å². The number of likely N-dealkylation sites (tertiary alicyclic amines) is 1. The Morgan fingerprint density at radius 3 is 2.88 bits per heavy atom. The van der Waals surface area contributed by atoms with E-state index in [1.54, 1.807) is 0 Å². The van der Waals surface area contributed by atoms with Crippen LogP contribution in [0, 0.1) is 11.3 Å². The molecule has 0 radical (unpaired) electrons. The summed E-state index contributed by atoms with van der Waals surface area (Å²) < 4.78 is 0. The highest BCUT2D eigenvalue weighted by Crippen LogP contribution is 2.59. The van der Waals surface area contributed by atoms with Gasteiger partial charge in [0, 0.05) is 18.5 Å². The van der Waals surface area contributed by atoms with Crippen LogP contribution >= 0.6 is 0 Å². The van der Waals surface area contributed by atoms with Gasteiger partial charge in [0.15, 0.2) is 0 Å². The van der Waals surface area contributed by atoms with Crippen molar-refractivity contribution in [3.8, 4) is 0 Å².